The quantitative estimate of drug-likeness (QED) is 0.765. The lowest BCUT2D eigenvalue weighted by atomic mass is 10.2. The van der Waals surface area contributed by atoms with E-state index in [1.54, 1.807) is 0 Å². The van der Waals surface area contributed by atoms with E-state index in [0.29, 0.717) is 0 Å². The fourth-order valence-electron chi connectivity index (χ4n) is 1.82. The SMILES string of the molecule is CC1CSCCN1Cc1ccc(I)cc1. The van der Waals surface area contributed by atoms with Crippen molar-refractivity contribution in [1.29, 1.82) is 0 Å². The van der Waals surface area contributed by atoms with Crippen molar-refractivity contribution in [1.82, 2.24) is 4.90 Å². The summed E-state index contributed by atoms with van der Waals surface area (Å²) in [6, 6.07) is 9.60. The topological polar surface area (TPSA) is 3.24 Å². The summed E-state index contributed by atoms with van der Waals surface area (Å²) in [6.07, 6.45) is 0. The van der Waals surface area contributed by atoms with Crippen LogP contribution in [-0.4, -0.2) is 29.0 Å². The molecular weight excluding hydrogens is 317 g/mol. The van der Waals surface area contributed by atoms with Gasteiger partial charge in [-0.2, -0.15) is 11.8 Å². The van der Waals surface area contributed by atoms with E-state index in [9.17, 15) is 0 Å². The zero-order chi connectivity index (χ0) is 10.7. The zero-order valence-corrected chi connectivity index (χ0v) is 11.9. The molecule has 15 heavy (non-hydrogen) atoms. The van der Waals surface area contributed by atoms with E-state index in [2.05, 4.69) is 70.4 Å². The van der Waals surface area contributed by atoms with Gasteiger partial charge in [0.25, 0.3) is 0 Å². The van der Waals surface area contributed by atoms with Crippen LogP contribution in [0.1, 0.15) is 12.5 Å². The molecule has 0 spiro atoms. The third kappa shape index (κ3) is 3.36. The molecule has 1 atom stereocenters. The highest BCUT2D eigenvalue weighted by molar-refractivity contribution is 14.1. The molecule has 1 aromatic rings. The summed E-state index contributed by atoms with van der Waals surface area (Å²) in [4.78, 5) is 2.58. The maximum Gasteiger partial charge on any atom is 0.0237 e. The van der Waals surface area contributed by atoms with Crippen LogP contribution in [0.15, 0.2) is 24.3 Å². The first-order valence-corrected chi connectivity index (χ1v) is 7.55. The number of benzene rings is 1. The smallest absolute Gasteiger partial charge is 0.0237 e. The first-order chi connectivity index (χ1) is 7.25. The molecule has 1 nitrogen and oxygen atoms in total. The van der Waals surface area contributed by atoms with Gasteiger partial charge in [-0.05, 0) is 47.2 Å². The maximum atomic E-state index is 2.58. The summed E-state index contributed by atoms with van der Waals surface area (Å²) < 4.78 is 1.32. The molecule has 0 saturated carbocycles. The Bertz CT molecular complexity index is 312. The average molecular weight is 333 g/mol. The molecule has 1 aromatic carbocycles. The molecule has 3 heteroatoms. The number of halogens is 1. The Kier molecular flexibility index (Phi) is 4.34. The molecule has 1 unspecified atom stereocenters. The Morgan fingerprint density at radius 2 is 2.13 bits per heavy atom. The Morgan fingerprint density at radius 3 is 2.80 bits per heavy atom. The van der Waals surface area contributed by atoms with Crippen molar-refractivity contribution < 1.29 is 0 Å². The van der Waals surface area contributed by atoms with Gasteiger partial charge < -0.3 is 0 Å². The predicted octanol–water partition coefficient (Wildman–Crippen LogP) is 3.23. The van der Waals surface area contributed by atoms with Crippen LogP contribution in [0.2, 0.25) is 0 Å². The lowest BCUT2D eigenvalue weighted by Crippen LogP contribution is -2.39. The minimum Gasteiger partial charge on any atom is -0.295 e. The number of hydrogen-bond donors (Lipinski definition) is 0. The first-order valence-electron chi connectivity index (χ1n) is 5.32. The molecule has 0 radical (unpaired) electrons. The third-order valence-electron chi connectivity index (χ3n) is 2.80. The second-order valence-corrected chi connectivity index (χ2v) is 6.42. The number of nitrogens with zero attached hydrogens (tertiary/aromatic N) is 1. The highest BCUT2D eigenvalue weighted by Crippen LogP contribution is 2.18. The van der Waals surface area contributed by atoms with Gasteiger partial charge in [-0.15, -0.1) is 0 Å². The second kappa shape index (κ2) is 5.55. The van der Waals surface area contributed by atoms with Gasteiger partial charge in [0.2, 0.25) is 0 Å². The van der Waals surface area contributed by atoms with Crippen molar-refractivity contribution in [3.8, 4) is 0 Å². The van der Waals surface area contributed by atoms with Gasteiger partial charge in [0.15, 0.2) is 0 Å². The number of thioether (sulfide) groups is 1. The molecule has 0 amide bonds. The van der Waals surface area contributed by atoms with Crippen LogP contribution in [0, 0.1) is 3.57 Å². The largest absolute Gasteiger partial charge is 0.295 e. The predicted molar refractivity (Wildman–Crippen MR) is 76.4 cm³/mol. The zero-order valence-electron chi connectivity index (χ0n) is 8.95. The monoisotopic (exact) mass is 333 g/mol. The van der Waals surface area contributed by atoms with Crippen molar-refractivity contribution >= 4 is 34.4 Å². The highest BCUT2D eigenvalue weighted by Gasteiger charge is 2.18. The molecule has 0 aromatic heterocycles. The minimum absolute atomic E-state index is 0.725. The van der Waals surface area contributed by atoms with Crippen molar-refractivity contribution in [2.24, 2.45) is 0 Å². The van der Waals surface area contributed by atoms with Gasteiger partial charge in [0.05, 0.1) is 0 Å². The number of rotatable bonds is 2. The van der Waals surface area contributed by atoms with Crippen LogP contribution >= 0.6 is 34.4 Å². The molecule has 0 N–H and O–H groups in total. The van der Waals surface area contributed by atoms with Gasteiger partial charge in [0.1, 0.15) is 0 Å². The standard InChI is InChI=1S/C12H16INS/c1-10-9-15-7-6-14(10)8-11-2-4-12(13)5-3-11/h2-5,10H,6-9H2,1H3. The minimum atomic E-state index is 0.725. The van der Waals surface area contributed by atoms with Gasteiger partial charge in [-0.1, -0.05) is 12.1 Å². The van der Waals surface area contributed by atoms with Crippen LogP contribution < -0.4 is 0 Å². The average Bonchev–Trinajstić information content (AvgIpc) is 2.25. The molecule has 82 valence electrons. The van der Waals surface area contributed by atoms with Crippen LogP contribution in [0.25, 0.3) is 0 Å². The van der Waals surface area contributed by atoms with Gasteiger partial charge >= 0.3 is 0 Å². The van der Waals surface area contributed by atoms with Crippen molar-refractivity contribution in [2.75, 3.05) is 18.1 Å². The van der Waals surface area contributed by atoms with E-state index >= 15 is 0 Å². The molecule has 0 bridgehead atoms. The van der Waals surface area contributed by atoms with E-state index in [1.165, 1.54) is 27.2 Å². The van der Waals surface area contributed by atoms with Crippen molar-refractivity contribution in [3.05, 3.63) is 33.4 Å². The maximum absolute atomic E-state index is 2.58. The van der Waals surface area contributed by atoms with Gasteiger partial charge in [-0.3, -0.25) is 4.90 Å². The summed E-state index contributed by atoms with van der Waals surface area (Å²) in [7, 11) is 0. The van der Waals surface area contributed by atoms with Crippen LogP contribution in [0.3, 0.4) is 0 Å². The molecule has 2 rings (SSSR count). The molecule has 1 saturated heterocycles. The molecule has 1 aliphatic heterocycles. The molecule has 1 aliphatic rings. The van der Waals surface area contributed by atoms with Gasteiger partial charge in [0, 0.05) is 34.2 Å². The molecule has 1 heterocycles. The van der Waals surface area contributed by atoms with Crippen LogP contribution in [0.5, 0.6) is 0 Å². The second-order valence-electron chi connectivity index (χ2n) is 4.02. The molecule has 1 fully saturated rings. The summed E-state index contributed by atoms with van der Waals surface area (Å²) in [5.41, 5.74) is 1.44. The van der Waals surface area contributed by atoms with Crippen molar-refractivity contribution in [2.45, 2.75) is 19.5 Å². The lowest BCUT2D eigenvalue weighted by Gasteiger charge is -2.32. The Labute approximate surface area is 110 Å². The van der Waals surface area contributed by atoms with E-state index < -0.39 is 0 Å². The van der Waals surface area contributed by atoms with Crippen molar-refractivity contribution in [3.63, 3.8) is 0 Å². The summed E-state index contributed by atoms with van der Waals surface area (Å²) in [6.45, 7) is 4.68. The van der Waals surface area contributed by atoms with Crippen LogP contribution in [0.4, 0.5) is 0 Å². The third-order valence-corrected chi connectivity index (χ3v) is 4.71. The summed E-state index contributed by atoms with van der Waals surface area (Å²) >= 11 is 4.43. The van der Waals surface area contributed by atoms with E-state index in [-0.39, 0.29) is 0 Å². The normalized spacial score (nSPS) is 22.9. The highest BCUT2D eigenvalue weighted by atomic mass is 127. The molecule has 0 aliphatic carbocycles. The first kappa shape index (κ1) is 11.7. The van der Waals surface area contributed by atoms with Crippen LogP contribution in [-0.2, 0) is 6.54 Å². The summed E-state index contributed by atoms with van der Waals surface area (Å²) in [5, 5.41) is 0. The Morgan fingerprint density at radius 1 is 1.40 bits per heavy atom. The fourth-order valence-corrected chi connectivity index (χ4v) is 3.26. The Balaban J connectivity index is 1.98. The Hall–Kier alpha value is 0.260. The van der Waals surface area contributed by atoms with E-state index in [1.807, 2.05) is 0 Å². The fraction of sp³-hybridized carbons (Fsp3) is 0.500. The lowest BCUT2D eigenvalue weighted by molar-refractivity contribution is 0.224. The molecular formula is C12H16INS. The van der Waals surface area contributed by atoms with E-state index in [0.717, 1.165) is 12.6 Å². The number of hydrogen-bond acceptors (Lipinski definition) is 2. The summed E-state index contributed by atoms with van der Waals surface area (Å²) in [5.74, 6) is 2.57. The van der Waals surface area contributed by atoms with E-state index in [4.69, 9.17) is 0 Å². The van der Waals surface area contributed by atoms with Gasteiger partial charge in [-0.25, -0.2) is 0 Å².